The fourth-order valence-corrected chi connectivity index (χ4v) is 10.1. The van der Waals surface area contributed by atoms with Gasteiger partial charge in [-0.15, -0.1) is 0 Å². The lowest BCUT2D eigenvalue weighted by Crippen LogP contribution is -2.50. The van der Waals surface area contributed by atoms with Crippen molar-refractivity contribution in [3.05, 3.63) is 63.7 Å². The minimum atomic E-state index is -3.13. The van der Waals surface area contributed by atoms with E-state index >= 15 is 8.78 Å². The van der Waals surface area contributed by atoms with Crippen molar-refractivity contribution in [2.45, 2.75) is 56.9 Å². The summed E-state index contributed by atoms with van der Waals surface area (Å²) in [6.45, 7) is 7.63. The Morgan fingerprint density at radius 1 is 0.984 bits per heavy atom. The number of anilines is 5. The summed E-state index contributed by atoms with van der Waals surface area (Å²) < 4.78 is 39.2. The Morgan fingerprint density at radius 2 is 1.79 bits per heavy atom. The van der Waals surface area contributed by atoms with E-state index < -0.39 is 30.0 Å². The Labute approximate surface area is 361 Å². The van der Waals surface area contributed by atoms with E-state index in [1.165, 1.54) is 4.57 Å². The number of alkyl halides is 2. The van der Waals surface area contributed by atoms with Crippen molar-refractivity contribution < 1.29 is 23.1 Å². The number of hydrogen-bond donors (Lipinski definition) is 3. The molecule has 0 spiro atoms. The maximum Gasteiger partial charge on any atom is 0.301 e. The number of amides is 2. The number of pyridine rings is 1. The van der Waals surface area contributed by atoms with E-state index in [4.69, 9.17) is 26.4 Å². The van der Waals surface area contributed by atoms with Crippen LogP contribution < -0.4 is 36.0 Å². The number of nitrogens with one attached hydrogen (secondary N) is 3. The molecular weight excluding hydrogens is 820 g/mol. The van der Waals surface area contributed by atoms with Gasteiger partial charge in [0.1, 0.15) is 5.02 Å². The SMILES string of the molecule is C[C@@H]1CN(c2ncc(Cl)c(Nc3ccc4c(c3)c3c(c(=O)n4C)OCC(F)(F)[C@H](C4CC4)N3)n2)CC[C@H]1CN1CCN(c2cccc3c(C4CCC(=O)NC4=O)nn(C)c23)CC1. The second-order valence-corrected chi connectivity index (χ2v) is 18.2. The summed E-state index contributed by atoms with van der Waals surface area (Å²) in [5, 5.41) is 15.5. The number of para-hydroxylation sites is 1. The highest BCUT2D eigenvalue weighted by atomic mass is 35.5. The molecule has 15 nitrogen and oxygen atoms in total. The van der Waals surface area contributed by atoms with Gasteiger partial charge < -0.3 is 29.7 Å². The van der Waals surface area contributed by atoms with Gasteiger partial charge in [-0.25, -0.2) is 13.8 Å². The second-order valence-electron chi connectivity index (χ2n) is 17.7. The quantitative estimate of drug-likeness (QED) is 0.166. The second kappa shape index (κ2) is 15.7. The highest BCUT2D eigenvalue weighted by Crippen LogP contribution is 2.46. The molecule has 1 unspecified atom stereocenters. The molecule has 3 aromatic heterocycles. The Balaban J connectivity index is 0.791. The van der Waals surface area contributed by atoms with Gasteiger partial charge >= 0.3 is 5.92 Å². The number of aryl methyl sites for hydroxylation is 2. The third kappa shape index (κ3) is 7.35. The van der Waals surface area contributed by atoms with Gasteiger partial charge in [-0.05, 0) is 67.7 Å². The molecule has 5 aromatic rings. The monoisotopic (exact) mass is 869 g/mol. The molecular formula is C44H50ClF2N11O4. The molecule has 3 N–H and O–H groups in total. The third-order valence-corrected chi connectivity index (χ3v) is 13.9. The van der Waals surface area contributed by atoms with Gasteiger partial charge in [-0.1, -0.05) is 30.7 Å². The summed E-state index contributed by atoms with van der Waals surface area (Å²) in [7, 11) is 3.53. The summed E-state index contributed by atoms with van der Waals surface area (Å²) in [4.78, 5) is 54.5. The Morgan fingerprint density at radius 3 is 2.55 bits per heavy atom. The van der Waals surface area contributed by atoms with Crippen molar-refractivity contribution in [1.82, 2.24) is 34.5 Å². The van der Waals surface area contributed by atoms with Crippen molar-refractivity contribution in [3.8, 4) is 5.75 Å². The number of carbonyl (C=O) groups is 2. The van der Waals surface area contributed by atoms with E-state index in [1.54, 1.807) is 19.3 Å². The normalized spacial score (nSPS) is 24.4. The van der Waals surface area contributed by atoms with Gasteiger partial charge in [0.25, 0.3) is 5.56 Å². The summed E-state index contributed by atoms with van der Waals surface area (Å²) >= 11 is 6.66. The molecule has 62 heavy (non-hydrogen) atoms. The largest absolute Gasteiger partial charge is 0.480 e. The highest BCUT2D eigenvalue weighted by molar-refractivity contribution is 6.33. The first-order valence-corrected chi connectivity index (χ1v) is 22.0. The first-order valence-electron chi connectivity index (χ1n) is 21.6. The predicted octanol–water partition coefficient (Wildman–Crippen LogP) is 5.64. The van der Waals surface area contributed by atoms with Crippen LogP contribution in [0, 0.1) is 17.8 Å². The molecule has 0 radical (unpaired) electrons. The zero-order valence-electron chi connectivity index (χ0n) is 35.0. The molecule has 1 saturated carbocycles. The molecule has 0 bridgehead atoms. The predicted molar refractivity (Wildman–Crippen MR) is 234 cm³/mol. The van der Waals surface area contributed by atoms with Crippen LogP contribution in [0.5, 0.6) is 5.75 Å². The van der Waals surface area contributed by atoms with Crippen molar-refractivity contribution in [1.29, 1.82) is 0 Å². The third-order valence-electron chi connectivity index (χ3n) is 13.6. The first kappa shape index (κ1) is 40.5. The van der Waals surface area contributed by atoms with Crippen molar-refractivity contribution in [2.24, 2.45) is 31.8 Å². The number of hydrogen-bond acceptors (Lipinski definition) is 12. The number of halogens is 3. The van der Waals surface area contributed by atoms with Crippen LogP contribution in [0.1, 0.15) is 50.6 Å². The number of fused-ring (bicyclic) bond motifs is 4. The number of nitrogens with zero attached hydrogens (tertiary/aromatic N) is 8. The van der Waals surface area contributed by atoms with Gasteiger partial charge in [0.15, 0.2) is 12.4 Å². The van der Waals surface area contributed by atoms with Crippen molar-refractivity contribution in [2.75, 3.05) is 72.9 Å². The van der Waals surface area contributed by atoms with E-state index in [0.29, 0.717) is 70.9 Å². The van der Waals surface area contributed by atoms with Crippen LogP contribution in [0.25, 0.3) is 21.8 Å². The summed E-state index contributed by atoms with van der Waals surface area (Å²) in [5.41, 5.74) is 3.84. The van der Waals surface area contributed by atoms with Gasteiger partial charge in [-0.2, -0.15) is 10.1 Å². The molecule has 4 aliphatic heterocycles. The average molecular weight is 870 g/mol. The summed E-state index contributed by atoms with van der Waals surface area (Å²) in [5.74, 6) is -2.50. The number of imide groups is 1. The van der Waals surface area contributed by atoms with Crippen LogP contribution in [-0.4, -0.2) is 105 Å². The minimum Gasteiger partial charge on any atom is -0.480 e. The van der Waals surface area contributed by atoms with Crippen LogP contribution in [0.3, 0.4) is 0 Å². The van der Waals surface area contributed by atoms with E-state index in [9.17, 15) is 14.4 Å². The van der Waals surface area contributed by atoms with Gasteiger partial charge in [0.2, 0.25) is 23.5 Å². The van der Waals surface area contributed by atoms with Crippen molar-refractivity contribution >= 4 is 74.0 Å². The molecule has 326 valence electrons. The molecule has 1 aliphatic carbocycles. The van der Waals surface area contributed by atoms with Crippen molar-refractivity contribution in [3.63, 3.8) is 0 Å². The standard InChI is InChI=1S/C44H50ClF2N11O4/c1-24-21-58(14-13-26(24)22-56-15-17-57(18-16-56)33-6-4-5-28-35(53-55(3)37(28)33)29-10-12-34(59)50-41(29)60)43-48-20-31(45)40(52-43)49-27-9-11-32-30(19-27)36-38(42(61)54(32)2)62-23-44(46,47)39(51-36)25-7-8-25/h4-6,9,11,19-20,24-26,29,39,51H,7-8,10,12-18,21-23H2,1-3H3,(H,48,49,52)(H,50,59,60)/t24-,26+,29?,39+/m1/s1. The number of piperazine rings is 1. The molecule has 18 heteroatoms. The molecule has 10 rings (SSSR count). The van der Waals surface area contributed by atoms with Crippen LogP contribution >= 0.6 is 11.6 Å². The number of ether oxygens (including phenoxy) is 1. The number of benzene rings is 2. The van der Waals surface area contributed by atoms with Gasteiger partial charge in [-0.3, -0.25) is 29.3 Å². The fourth-order valence-electron chi connectivity index (χ4n) is 9.98. The Kier molecular flexibility index (Phi) is 10.2. The van der Waals surface area contributed by atoms with Crippen LogP contribution in [-0.2, 0) is 23.7 Å². The fraction of sp³-hybridized carbons (Fsp3) is 0.500. The lowest BCUT2D eigenvalue weighted by molar-refractivity contribution is -0.134. The number of rotatable bonds is 8. The zero-order valence-corrected chi connectivity index (χ0v) is 35.7. The van der Waals surface area contributed by atoms with E-state index in [1.807, 2.05) is 36.0 Å². The maximum atomic E-state index is 15.2. The summed E-state index contributed by atoms with van der Waals surface area (Å²) in [6.07, 6.45) is 4.76. The average Bonchev–Trinajstić information content (AvgIpc) is 4.06. The van der Waals surface area contributed by atoms with Gasteiger partial charge in [0.05, 0.1) is 46.3 Å². The molecule has 4 fully saturated rings. The lowest BCUT2D eigenvalue weighted by Gasteiger charge is -2.42. The Hall–Kier alpha value is -5.55. The van der Waals surface area contributed by atoms with Gasteiger partial charge in [0, 0.05) is 82.8 Å². The highest BCUT2D eigenvalue weighted by Gasteiger charge is 2.51. The molecule has 5 aliphatic rings. The molecule has 2 amide bonds. The molecule has 7 heterocycles. The smallest absolute Gasteiger partial charge is 0.301 e. The number of carbonyl (C=O) groups excluding carboxylic acids is 2. The van der Waals surface area contributed by atoms with Crippen LogP contribution in [0.15, 0.2) is 47.4 Å². The van der Waals surface area contributed by atoms with E-state index in [0.717, 1.165) is 74.5 Å². The molecule has 4 atom stereocenters. The minimum absolute atomic E-state index is 0.107. The Bertz CT molecular complexity index is 2660. The lowest BCUT2D eigenvalue weighted by atomic mass is 9.86. The number of aromatic nitrogens is 5. The van der Waals surface area contributed by atoms with E-state index in [-0.39, 0.29) is 29.2 Å². The van der Waals surface area contributed by atoms with Crippen LogP contribution in [0.2, 0.25) is 5.02 Å². The maximum absolute atomic E-state index is 15.2. The molecule has 2 aromatic carbocycles. The van der Waals surface area contributed by atoms with Crippen LogP contribution in [0.4, 0.5) is 37.6 Å². The topological polar surface area (TPSA) is 155 Å². The first-order chi connectivity index (χ1) is 29.8. The number of piperidine rings is 2. The molecule has 3 saturated heterocycles. The zero-order chi connectivity index (χ0) is 43.0. The van der Waals surface area contributed by atoms with E-state index in [2.05, 4.69) is 48.6 Å². The summed E-state index contributed by atoms with van der Waals surface area (Å²) in [6, 6.07) is 10.5.